The minimum Gasteiger partial charge on any atom is -0.487 e. The van der Waals surface area contributed by atoms with Crippen LogP contribution in [-0.4, -0.2) is 17.3 Å². The van der Waals surface area contributed by atoms with Crippen molar-refractivity contribution >= 4 is 0 Å². The molecule has 1 heterocycles. The highest BCUT2D eigenvalue weighted by Gasteiger charge is 2.47. The van der Waals surface area contributed by atoms with E-state index >= 15 is 0 Å². The minimum absolute atomic E-state index is 0.0807. The molecule has 0 aromatic heterocycles. The van der Waals surface area contributed by atoms with E-state index in [-0.39, 0.29) is 23.3 Å². The Kier molecular flexibility index (Phi) is 3.53. The van der Waals surface area contributed by atoms with Crippen molar-refractivity contribution in [2.45, 2.75) is 76.7 Å². The molecule has 21 heavy (non-hydrogen) atoms. The van der Waals surface area contributed by atoms with E-state index in [1.54, 1.807) is 0 Å². The lowest BCUT2D eigenvalue weighted by Gasteiger charge is -2.30. The molecular weight excluding hydrogens is 262 g/mol. The number of fused-ring (bicyclic) bond motifs is 1. The standard InChI is InChI=1S/C18H27NO2/c1-17(2)11-16(18(3,4)21-17)20-15-10-6-7-12-13(15)8-5-9-14(12)19/h6-7,10,14,16H,5,8-9,11,19H2,1-4H3. The molecule has 2 atom stereocenters. The van der Waals surface area contributed by atoms with Crippen LogP contribution in [0.4, 0.5) is 0 Å². The van der Waals surface area contributed by atoms with Crippen LogP contribution in [0, 0.1) is 0 Å². The van der Waals surface area contributed by atoms with Gasteiger partial charge >= 0.3 is 0 Å². The second-order valence-electron chi connectivity index (χ2n) is 7.60. The van der Waals surface area contributed by atoms with Gasteiger partial charge in [0.05, 0.1) is 5.60 Å². The highest BCUT2D eigenvalue weighted by atomic mass is 16.6. The fraction of sp³-hybridized carbons (Fsp3) is 0.667. The van der Waals surface area contributed by atoms with Crippen LogP contribution in [-0.2, 0) is 11.2 Å². The Hall–Kier alpha value is -1.06. The summed E-state index contributed by atoms with van der Waals surface area (Å²) in [6.07, 6.45) is 4.27. The van der Waals surface area contributed by atoms with Gasteiger partial charge < -0.3 is 15.2 Å². The Morgan fingerprint density at radius 1 is 1.24 bits per heavy atom. The van der Waals surface area contributed by atoms with Gasteiger partial charge in [-0.2, -0.15) is 0 Å². The zero-order valence-electron chi connectivity index (χ0n) is 13.6. The van der Waals surface area contributed by atoms with E-state index in [0.717, 1.165) is 31.4 Å². The first-order valence-electron chi connectivity index (χ1n) is 8.03. The molecule has 116 valence electrons. The first-order chi connectivity index (χ1) is 9.78. The molecule has 2 unspecified atom stereocenters. The highest BCUT2D eigenvalue weighted by Crippen LogP contribution is 2.41. The molecule has 1 aromatic carbocycles. The first kappa shape index (κ1) is 14.9. The molecule has 1 aliphatic carbocycles. The van der Waals surface area contributed by atoms with E-state index < -0.39 is 0 Å². The van der Waals surface area contributed by atoms with E-state index in [4.69, 9.17) is 15.2 Å². The van der Waals surface area contributed by atoms with Gasteiger partial charge in [-0.3, -0.25) is 0 Å². The van der Waals surface area contributed by atoms with Crippen LogP contribution in [0.15, 0.2) is 18.2 Å². The van der Waals surface area contributed by atoms with Crippen molar-refractivity contribution in [3.63, 3.8) is 0 Å². The molecular formula is C18H27NO2. The maximum absolute atomic E-state index is 6.39. The number of benzene rings is 1. The Labute approximate surface area is 127 Å². The van der Waals surface area contributed by atoms with Gasteiger partial charge in [0, 0.05) is 12.5 Å². The lowest BCUT2D eigenvalue weighted by molar-refractivity contribution is -0.0847. The number of rotatable bonds is 2. The van der Waals surface area contributed by atoms with Gasteiger partial charge in [-0.1, -0.05) is 12.1 Å². The summed E-state index contributed by atoms with van der Waals surface area (Å²) in [5, 5.41) is 0. The SMILES string of the molecule is CC1(C)CC(Oc2cccc3c2CCCC3N)C(C)(C)O1. The highest BCUT2D eigenvalue weighted by molar-refractivity contribution is 5.43. The van der Waals surface area contributed by atoms with Gasteiger partial charge in [-0.25, -0.2) is 0 Å². The summed E-state index contributed by atoms with van der Waals surface area (Å²) >= 11 is 0. The molecule has 0 spiro atoms. The summed E-state index contributed by atoms with van der Waals surface area (Å²) in [6, 6.07) is 6.44. The summed E-state index contributed by atoms with van der Waals surface area (Å²) in [7, 11) is 0. The van der Waals surface area contributed by atoms with Crippen LogP contribution in [0.3, 0.4) is 0 Å². The van der Waals surface area contributed by atoms with Crippen molar-refractivity contribution in [3.05, 3.63) is 29.3 Å². The van der Waals surface area contributed by atoms with E-state index in [2.05, 4.69) is 45.9 Å². The second-order valence-corrected chi connectivity index (χ2v) is 7.60. The summed E-state index contributed by atoms with van der Waals surface area (Å²) < 4.78 is 12.5. The fourth-order valence-electron chi connectivity index (χ4n) is 3.81. The molecule has 3 heteroatoms. The predicted molar refractivity (Wildman–Crippen MR) is 84.6 cm³/mol. The van der Waals surface area contributed by atoms with Crippen molar-refractivity contribution in [2.75, 3.05) is 0 Å². The number of nitrogens with two attached hydrogens (primary N) is 1. The van der Waals surface area contributed by atoms with E-state index in [1.165, 1.54) is 11.1 Å². The van der Waals surface area contributed by atoms with Gasteiger partial charge in [0.15, 0.2) is 0 Å². The van der Waals surface area contributed by atoms with E-state index in [9.17, 15) is 0 Å². The first-order valence-corrected chi connectivity index (χ1v) is 8.03. The Morgan fingerprint density at radius 3 is 2.67 bits per heavy atom. The molecule has 3 nitrogen and oxygen atoms in total. The van der Waals surface area contributed by atoms with Crippen LogP contribution in [0.5, 0.6) is 5.75 Å². The molecule has 0 saturated carbocycles. The summed E-state index contributed by atoms with van der Waals surface area (Å²) in [5.41, 5.74) is 8.41. The van der Waals surface area contributed by atoms with Crippen molar-refractivity contribution in [1.29, 1.82) is 0 Å². The molecule has 0 amide bonds. The third kappa shape index (κ3) is 2.82. The topological polar surface area (TPSA) is 44.5 Å². The Balaban J connectivity index is 1.88. The number of ether oxygens (including phenoxy) is 2. The number of hydrogen-bond donors (Lipinski definition) is 1. The van der Waals surface area contributed by atoms with Crippen LogP contribution in [0.2, 0.25) is 0 Å². The van der Waals surface area contributed by atoms with Crippen LogP contribution < -0.4 is 10.5 Å². The molecule has 1 aliphatic heterocycles. The maximum Gasteiger partial charge on any atom is 0.130 e. The zero-order valence-corrected chi connectivity index (χ0v) is 13.6. The third-order valence-electron chi connectivity index (χ3n) is 4.77. The molecule has 1 aromatic rings. The van der Waals surface area contributed by atoms with Crippen LogP contribution in [0.25, 0.3) is 0 Å². The van der Waals surface area contributed by atoms with Crippen LogP contribution >= 0.6 is 0 Å². The van der Waals surface area contributed by atoms with E-state index in [1.807, 2.05) is 0 Å². The monoisotopic (exact) mass is 289 g/mol. The van der Waals surface area contributed by atoms with Gasteiger partial charge in [-0.15, -0.1) is 0 Å². The quantitative estimate of drug-likeness (QED) is 0.902. The molecule has 0 bridgehead atoms. The molecule has 2 aliphatic rings. The largest absolute Gasteiger partial charge is 0.487 e. The summed E-state index contributed by atoms with van der Waals surface area (Å²) in [6.45, 7) is 8.50. The van der Waals surface area contributed by atoms with Crippen LogP contribution in [0.1, 0.15) is 64.1 Å². The molecule has 1 saturated heterocycles. The van der Waals surface area contributed by atoms with E-state index in [0.29, 0.717) is 0 Å². The molecule has 2 N–H and O–H groups in total. The second kappa shape index (κ2) is 4.99. The van der Waals surface area contributed by atoms with Gasteiger partial charge in [0.25, 0.3) is 0 Å². The van der Waals surface area contributed by atoms with Crippen molar-refractivity contribution in [1.82, 2.24) is 0 Å². The lowest BCUT2D eigenvalue weighted by atomic mass is 9.87. The average molecular weight is 289 g/mol. The van der Waals surface area contributed by atoms with Crippen molar-refractivity contribution < 1.29 is 9.47 Å². The summed E-state index contributed by atoms with van der Waals surface area (Å²) in [5.74, 6) is 1.00. The third-order valence-corrected chi connectivity index (χ3v) is 4.77. The normalized spacial score (nSPS) is 30.0. The molecule has 0 radical (unpaired) electrons. The molecule has 3 rings (SSSR count). The maximum atomic E-state index is 6.39. The van der Waals surface area contributed by atoms with Crippen molar-refractivity contribution in [2.24, 2.45) is 5.73 Å². The smallest absolute Gasteiger partial charge is 0.130 e. The Morgan fingerprint density at radius 2 is 2.00 bits per heavy atom. The fourth-order valence-corrected chi connectivity index (χ4v) is 3.81. The lowest BCUT2D eigenvalue weighted by Crippen LogP contribution is -2.37. The molecule has 1 fully saturated rings. The van der Waals surface area contributed by atoms with Crippen molar-refractivity contribution in [3.8, 4) is 5.75 Å². The van der Waals surface area contributed by atoms with Gasteiger partial charge in [0.2, 0.25) is 0 Å². The van der Waals surface area contributed by atoms with Gasteiger partial charge in [-0.05, 0) is 64.2 Å². The minimum atomic E-state index is -0.261. The average Bonchev–Trinajstić information content (AvgIpc) is 2.58. The summed E-state index contributed by atoms with van der Waals surface area (Å²) in [4.78, 5) is 0. The van der Waals surface area contributed by atoms with Gasteiger partial charge in [0.1, 0.15) is 17.5 Å². The zero-order chi connectivity index (χ0) is 15.3. The predicted octanol–water partition coefficient (Wildman–Crippen LogP) is 3.75. The number of hydrogen-bond acceptors (Lipinski definition) is 3. The Bertz CT molecular complexity index is 536.